The van der Waals surface area contributed by atoms with Gasteiger partial charge in [-0.25, -0.2) is 4.79 Å². The summed E-state index contributed by atoms with van der Waals surface area (Å²) in [5.41, 5.74) is 3.82. The standard InChI is InChI=1S/C17H15NO3/c1-10-11(17(19)20)7-8-13(16(10)21-2)14-9-18-15-6-4-3-5-12(14)15/h3-9,18H,1-2H3,(H,19,20). The van der Waals surface area contributed by atoms with Crippen molar-refractivity contribution in [3.8, 4) is 16.9 Å². The summed E-state index contributed by atoms with van der Waals surface area (Å²) in [4.78, 5) is 14.5. The van der Waals surface area contributed by atoms with E-state index in [2.05, 4.69) is 4.98 Å². The van der Waals surface area contributed by atoms with Crippen LogP contribution in [0.15, 0.2) is 42.6 Å². The fourth-order valence-corrected chi connectivity index (χ4v) is 2.69. The molecule has 1 heterocycles. The zero-order chi connectivity index (χ0) is 15.0. The minimum absolute atomic E-state index is 0.260. The van der Waals surface area contributed by atoms with Crippen LogP contribution in [0.25, 0.3) is 22.0 Å². The number of carboxylic acid groups (broad SMARTS) is 1. The number of H-pyrrole nitrogens is 1. The van der Waals surface area contributed by atoms with E-state index in [1.807, 2.05) is 30.5 Å². The maximum Gasteiger partial charge on any atom is 0.336 e. The first-order chi connectivity index (χ1) is 10.1. The molecular weight excluding hydrogens is 266 g/mol. The Morgan fingerprint density at radius 2 is 1.90 bits per heavy atom. The smallest absolute Gasteiger partial charge is 0.336 e. The predicted molar refractivity (Wildman–Crippen MR) is 82.0 cm³/mol. The molecule has 0 atom stereocenters. The summed E-state index contributed by atoms with van der Waals surface area (Å²) in [5.74, 6) is -0.351. The number of benzene rings is 2. The fraction of sp³-hybridized carbons (Fsp3) is 0.118. The Balaban J connectivity index is 2.28. The van der Waals surface area contributed by atoms with Crippen molar-refractivity contribution in [2.75, 3.05) is 7.11 Å². The number of aromatic nitrogens is 1. The second kappa shape index (κ2) is 4.98. The number of hydrogen-bond donors (Lipinski definition) is 2. The molecule has 0 fully saturated rings. The Kier molecular flexibility index (Phi) is 3.14. The van der Waals surface area contributed by atoms with Crippen molar-refractivity contribution in [2.45, 2.75) is 6.92 Å². The molecule has 0 aliphatic heterocycles. The van der Waals surface area contributed by atoms with E-state index in [-0.39, 0.29) is 5.56 Å². The molecule has 1 aromatic heterocycles. The van der Waals surface area contributed by atoms with Gasteiger partial charge in [0, 0.05) is 33.8 Å². The summed E-state index contributed by atoms with van der Waals surface area (Å²) in [6.45, 7) is 1.76. The third-order valence-corrected chi connectivity index (χ3v) is 3.72. The van der Waals surface area contributed by atoms with Gasteiger partial charge < -0.3 is 14.8 Å². The Morgan fingerprint density at radius 3 is 2.62 bits per heavy atom. The monoisotopic (exact) mass is 281 g/mol. The number of aromatic amines is 1. The van der Waals surface area contributed by atoms with Crippen LogP contribution in [-0.2, 0) is 0 Å². The van der Waals surface area contributed by atoms with Gasteiger partial charge in [0.05, 0.1) is 12.7 Å². The summed E-state index contributed by atoms with van der Waals surface area (Å²) >= 11 is 0. The lowest BCUT2D eigenvalue weighted by Gasteiger charge is -2.13. The Bertz CT molecular complexity index is 833. The lowest BCUT2D eigenvalue weighted by molar-refractivity contribution is 0.0695. The minimum atomic E-state index is -0.948. The maximum atomic E-state index is 11.2. The highest BCUT2D eigenvalue weighted by Gasteiger charge is 2.17. The quantitative estimate of drug-likeness (QED) is 0.766. The van der Waals surface area contributed by atoms with Crippen LogP contribution < -0.4 is 4.74 Å². The maximum absolute atomic E-state index is 11.2. The van der Waals surface area contributed by atoms with Crippen LogP contribution in [0.3, 0.4) is 0 Å². The van der Waals surface area contributed by atoms with Gasteiger partial charge in [0.15, 0.2) is 0 Å². The van der Waals surface area contributed by atoms with Gasteiger partial charge >= 0.3 is 5.97 Å². The van der Waals surface area contributed by atoms with Gasteiger partial charge in [0.1, 0.15) is 5.75 Å². The molecule has 0 saturated carbocycles. The molecule has 0 aliphatic carbocycles. The summed E-state index contributed by atoms with van der Waals surface area (Å²) in [5, 5.41) is 10.3. The van der Waals surface area contributed by atoms with Crippen LogP contribution in [0.1, 0.15) is 15.9 Å². The number of methoxy groups -OCH3 is 1. The van der Waals surface area contributed by atoms with Gasteiger partial charge in [0.25, 0.3) is 0 Å². The molecule has 3 aromatic rings. The van der Waals surface area contributed by atoms with Gasteiger partial charge in [0.2, 0.25) is 0 Å². The van der Waals surface area contributed by atoms with E-state index in [1.165, 1.54) is 0 Å². The van der Waals surface area contributed by atoms with Crippen molar-refractivity contribution in [3.05, 3.63) is 53.7 Å². The highest BCUT2D eigenvalue weighted by molar-refractivity contribution is 5.99. The van der Waals surface area contributed by atoms with Gasteiger partial charge in [-0.3, -0.25) is 0 Å². The van der Waals surface area contributed by atoms with Crippen molar-refractivity contribution in [1.29, 1.82) is 0 Å². The number of ether oxygens (including phenoxy) is 1. The first-order valence-corrected chi connectivity index (χ1v) is 6.61. The molecular formula is C17H15NO3. The van der Waals surface area contributed by atoms with Gasteiger partial charge in [-0.15, -0.1) is 0 Å². The predicted octanol–water partition coefficient (Wildman–Crippen LogP) is 3.85. The SMILES string of the molecule is COc1c(-c2c[nH]c3ccccc23)ccc(C(=O)O)c1C. The zero-order valence-corrected chi connectivity index (χ0v) is 11.8. The molecule has 21 heavy (non-hydrogen) atoms. The molecule has 106 valence electrons. The molecule has 4 heteroatoms. The van der Waals surface area contributed by atoms with E-state index in [1.54, 1.807) is 26.2 Å². The molecule has 0 saturated heterocycles. The van der Waals surface area contributed by atoms with Crippen LogP contribution in [0.2, 0.25) is 0 Å². The lowest BCUT2D eigenvalue weighted by Crippen LogP contribution is -2.02. The van der Waals surface area contributed by atoms with Crippen molar-refractivity contribution in [1.82, 2.24) is 4.98 Å². The molecule has 2 aromatic carbocycles. The molecule has 0 aliphatic rings. The third-order valence-electron chi connectivity index (χ3n) is 3.72. The van der Waals surface area contributed by atoms with E-state index in [9.17, 15) is 9.90 Å². The third kappa shape index (κ3) is 2.05. The van der Waals surface area contributed by atoms with E-state index >= 15 is 0 Å². The highest BCUT2D eigenvalue weighted by Crippen LogP contribution is 2.38. The van der Waals surface area contributed by atoms with Crippen LogP contribution >= 0.6 is 0 Å². The fourth-order valence-electron chi connectivity index (χ4n) is 2.69. The number of carbonyl (C=O) groups is 1. The van der Waals surface area contributed by atoms with Crippen LogP contribution in [0.5, 0.6) is 5.75 Å². The average Bonchev–Trinajstić information content (AvgIpc) is 2.90. The summed E-state index contributed by atoms with van der Waals surface area (Å²) in [6.07, 6.45) is 1.92. The molecule has 4 nitrogen and oxygen atoms in total. The second-order valence-corrected chi connectivity index (χ2v) is 4.87. The van der Waals surface area contributed by atoms with Crippen molar-refractivity contribution in [2.24, 2.45) is 0 Å². The largest absolute Gasteiger partial charge is 0.496 e. The molecule has 0 amide bonds. The number of carboxylic acids is 1. The number of nitrogens with one attached hydrogen (secondary N) is 1. The first kappa shape index (κ1) is 13.2. The second-order valence-electron chi connectivity index (χ2n) is 4.87. The molecule has 3 rings (SSSR count). The number of fused-ring (bicyclic) bond motifs is 1. The van der Waals surface area contributed by atoms with E-state index < -0.39 is 5.97 Å². The Labute approximate surface area is 122 Å². The van der Waals surface area contributed by atoms with Crippen LogP contribution in [0, 0.1) is 6.92 Å². The Morgan fingerprint density at radius 1 is 1.14 bits per heavy atom. The van der Waals surface area contributed by atoms with Crippen molar-refractivity contribution >= 4 is 16.9 Å². The van der Waals surface area contributed by atoms with E-state index in [0.29, 0.717) is 11.3 Å². The van der Waals surface area contributed by atoms with E-state index in [0.717, 1.165) is 22.0 Å². The Hall–Kier alpha value is -2.75. The normalized spacial score (nSPS) is 10.8. The first-order valence-electron chi connectivity index (χ1n) is 6.61. The molecule has 0 unspecified atom stereocenters. The number of rotatable bonds is 3. The molecule has 0 radical (unpaired) electrons. The number of aromatic carboxylic acids is 1. The van der Waals surface area contributed by atoms with Crippen LogP contribution in [0.4, 0.5) is 0 Å². The van der Waals surface area contributed by atoms with Gasteiger partial charge in [-0.05, 0) is 25.1 Å². The van der Waals surface area contributed by atoms with Crippen molar-refractivity contribution in [3.63, 3.8) is 0 Å². The highest BCUT2D eigenvalue weighted by atomic mass is 16.5. The van der Waals surface area contributed by atoms with E-state index in [4.69, 9.17) is 4.74 Å². The van der Waals surface area contributed by atoms with Gasteiger partial charge in [-0.2, -0.15) is 0 Å². The molecule has 2 N–H and O–H groups in total. The van der Waals surface area contributed by atoms with Crippen LogP contribution in [-0.4, -0.2) is 23.2 Å². The van der Waals surface area contributed by atoms with Crippen molar-refractivity contribution < 1.29 is 14.6 Å². The minimum Gasteiger partial charge on any atom is -0.496 e. The summed E-state index contributed by atoms with van der Waals surface area (Å²) < 4.78 is 5.46. The number of hydrogen-bond acceptors (Lipinski definition) is 2. The molecule has 0 spiro atoms. The summed E-state index contributed by atoms with van der Waals surface area (Å²) in [6, 6.07) is 11.4. The summed E-state index contributed by atoms with van der Waals surface area (Å²) in [7, 11) is 1.56. The number of para-hydroxylation sites is 1. The topological polar surface area (TPSA) is 62.3 Å². The van der Waals surface area contributed by atoms with Gasteiger partial charge in [-0.1, -0.05) is 18.2 Å². The lowest BCUT2D eigenvalue weighted by atomic mass is 9.97. The zero-order valence-electron chi connectivity index (χ0n) is 11.8. The molecule has 0 bridgehead atoms. The average molecular weight is 281 g/mol.